The molecule has 4 rings (SSSR count). The Kier molecular flexibility index (Phi) is 4.48. The molecule has 0 unspecified atom stereocenters. The molecule has 3 heterocycles. The van der Waals surface area contributed by atoms with Crippen LogP contribution in [0.4, 0.5) is 14.5 Å². The number of nitrogens with zero attached hydrogens (tertiary/aromatic N) is 3. The van der Waals surface area contributed by atoms with Crippen LogP contribution in [0.2, 0.25) is 0 Å². The van der Waals surface area contributed by atoms with E-state index in [0.29, 0.717) is 25.3 Å². The van der Waals surface area contributed by atoms with Gasteiger partial charge >= 0.3 is 0 Å². The van der Waals surface area contributed by atoms with E-state index < -0.39 is 23.7 Å². The second-order valence-corrected chi connectivity index (χ2v) is 6.71. The third-order valence-electron chi connectivity index (χ3n) is 5.28. The molecule has 0 saturated carbocycles. The number of fused-ring (bicyclic) bond motifs is 1. The molecule has 2 aliphatic rings. The highest BCUT2D eigenvalue weighted by molar-refractivity contribution is 5.97. The summed E-state index contributed by atoms with van der Waals surface area (Å²) in [6.45, 7) is 3.57. The number of anilines is 1. The van der Waals surface area contributed by atoms with E-state index in [1.807, 2.05) is 17.7 Å². The van der Waals surface area contributed by atoms with Gasteiger partial charge in [-0.25, -0.2) is 13.8 Å². The standard InChI is InChI=1S/C19H21F2N3O2/c1-2-23-10-8-22-18(23)17-13(4-3-11-26-17)19(25)24-9-7-12-14(20)5-6-15(21)16(12)24/h5-6,8,10,13,17H,2-4,7,9,11H2,1H3/t13-,17-/m0/s1. The molecule has 2 aromatic rings. The van der Waals surface area contributed by atoms with Gasteiger partial charge < -0.3 is 14.2 Å². The van der Waals surface area contributed by atoms with Gasteiger partial charge in [-0.15, -0.1) is 0 Å². The lowest BCUT2D eigenvalue weighted by atomic mass is 9.92. The van der Waals surface area contributed by atoms with E-state index in [0.717, 1.165) is 25.1 Å². The molecule has 0 bridgehead atoms. The minimum absolute atomic E-state index is 0.0816. The largest absolute Gasteiger partial charge is 0.369 e. The molecule has 5 nitrogen and oxygen atoms in total. The van der Waals surface area contributed by atoms with Crippen molar-refractivity contribution >= 4 is 11.6 Å². The number of benzene rings is 1. The van der Waals surface area contributed by atoms with Crippen LogP contribution in [-0.2, 0) is 22.5 Å². The fourth-order valence-electron chi connectivity index (χ4n) is 4.00. The number of carbonyl (C=O) groups excluding carboxylic acids is 1. The van der Waals surface area contributed by atoms with Crippen molar-refractivity contribution in [3.05, 3.63) is 47.5 Å². The maximum absolute atomic E-state index is 14.3. The smallest absolute Gasteiger partial charge is 0.233 e. The number of aromatic nitrogens is 2. The highest BCUT2D eigenvalue weighted by Gasteiger charge is 2.41. The van der Waals surface area contributed by atoms with E-state index in [1.54, 1.807) is 6.20 Å². The van der Waals surface area contributed by atoms with E-state index in [1.165, 1.54) is 4.90 Å². The van der Waals surface area contributed by atoms with Crippen molar-refractivity contribution in [3.8, 4) is 0 Å². The highest BCUT2D eigenvalue weighted by Crippen LogP contribution is 2.39. The van der Waals surface area contributed by atoms with Gasteiger partial charge in [-0.2, -0.15) is 0 Å². The fraction of sp³-hybridized carbons (Fsp3) is 0.474. The summed E-state index contributed by atoms with van der Waals surface area (Å²) in [4.78, 5) is 19.0. The van der Waals surface area contributed by atoms with Crippen molar-refractivity contribution < 1.29 is 18.3 Å². The quantitative estimate of drug-likeness (QED) is 0.843. The van der Waals surface area contributed by atoms with Gasteiger partial charge in [0.2, 0.25) is 5.91 Å². The maximum atomic E-state index is 14.3. The summed E-state index contributed by atoms with van der Waals surface area (Å²) < 4.78 is 36.2. The van der Waals surface area contributed by atoms with Crippen LogP contribution >= 0.6 is 0 Å². The molecule has 0 aliphatic carbocycles. The van der Waals surface area contributed by atoms with Gasteiger partial charge in [0, 0.05) is 37.7 Å². The van der Waals surface area contributed by atoms with Crippen molar-refractivity contribution in [2.45, 2.75) is 38.8 Å². The second-order valence-electron chi connectivity index (χ2n) is 6.71. The van der Waals surface area contributed by atoms with Crippen molar-refractivity contribution in [3.63, 3.8) is 0 Å². The Morgan fingerprint density at radius 2 is 2.15 bits per heavy atom. The average Bonchev–Trinajstić information content (AvgIpc) is 3.31. The molecule has 0 radical (unpaired) electrons. The molecule has 7 heteroatoms. The molecule has 138 valence electrons. The molecule has 1 aromatic carbocycles. The molecule has 0 spiro atoms. The number of halogens is 2. The first-order valence-corrected chi connectivity index (χ1v) is 9.02. The molecule has 1 saturated heterocycles. The number of carbonyl (C=O) groups is 1. The average molecular weight is 361 g/mol. The molecule has 2 aliphatic heterocycles. The van der Waals surface area contributed by atoms with E-state index in [-0.39, 0.29) is 23.7 Å². The second kappa shape index (κ2) is 6.79. The lowest BCUT2D eigenvalue weighted by molar-refractivity contribution is -0.132. The van der Waals surface area contributed by atoms with Gasteiger partial charge in [0.1, 0.15) is 23.6 Å². The molecular formula is C19H21F2N3O2. The normalized spacial score (nSPS) is 22.5. The summed E-state index contributed by atoms with van der Waals surface area (Å²) in [5.41, 5.74) is 0.361. The summed E-state index contributed by atoms with van der Waals surface area (Å²) in [5.74, 6) is -0.983. The van der Waals surface area contributed by atoms with Crippen molar-refractivity contribution in [2.75, 3.05) is 18.1 Å². The number of rotatable bonds is 3. The number of amides is 1. The van der Waals surface area contributed by atoms with E-state index in [4.69, 9.17) is 4.74 Å². The Labute approximate surface area is 150 Å². The Balaban J connectivity index is 1.67. The number of aryl methyl sites for hydroxylation is 1. The van der Waals surface area contributed by atoms with E-state index >= 15 is 0 Å². The van der Waals surface area contributed by atoms with Gasteiger partial charge in [0.25, 0.3) is 0 Å². The predicted molar refractivity (Wildman–Crippen MR) is 91.7 cm³/mol. The molecule has 1 aromatic heterocycles. The van der Waals surface area contributed by atoms with Gasteiger partial charge in [-0.05, 0) is 38.3 Å². The van der Waals surface area contributed by atoms with Crippen LogP contribution < -0.4 is 4.90 Å². The first-order valence-electron chi connectivity index (χ1n) is 9.02. The Morgan fingerprint density at radius 1 is 1.35 bits per heavy atom. The molecule has 1 amide bonds. The highest BCUT2D eigenvalue weighted by atomic mass is 19.1. The first kappa shape index (κ1) is 17.1. The first-order chi connectivity index (χ1) is 12.6. The Hall–Kier alpha value is -2.28. The summed E-state index contributed by atoms with van der Waals surface area (Å²) in [6.07, 6.45) is 4.81. The molecule has 2 atom stereocenters. The minimum Gasteiger partial charge on any atom is -0.369 e. The predicted octanol–water partition coefficient (Wildman–Crippen LogP) is 3.24. The van der Waals surface area contributed by atoms with Gasteiger partial charge in [-0.1, -0.05) is 0 Å². The fourth-order valence-corrected chi connectivity index (χ4v) is 4.00. The van der Waals surface area contributed by atoms with Crippen LogP contribution in [0.1, 0.15) is 37.3 Å². The van der Waals surface area contributed by atoms with Crippen LogP contribution in [0.15, 0.2) is 24.5 Å². The van der Waals surface area contributed by atoms with E-state index in [2.05, 4.69) is 4.98 Å². The summed E-state index contributed by atoms with van der Waals surface area (Å²) >= 11 is 0. The van der Waals surface area contributed by atoms with Crippen molar-refractivity contribution in [1.82, 2.24) is 9.55 Å². The zero-order valence-electron chi connectivity index (χ0n) is 14.6. The topological polar surface area (TPSA) is 47.4 Å². The third kappa shape index (κ3) is 2.70. The van der Waals surface area contributed by atoms with Crippen LogP contribution in [0.3, 0.4) is 0 Å². The Morgan fingerprint density at radius 3 is 2.96 bits per heavy atom. The number of hydrogen-bond acceptors (Lipinski definition) is 3. The number of imidazole rings is 1. The maximum Gasteiger partial charge on any atom is 0.233 e. The van der Waals surface area contributed by atoms with Gasteiger partial charge in [0.05, 0.1) is 11.6 Å². The zero-order chi connectivity index (χ0) is 18.3. The van der Waals surface area contributed by atoms with E-state index in [9.17, 15) is 13.6 Å². The molecule has 1 fully saturated rings. The van der Waals surface area contributed by atoms with Crippen LogP contribution in [0.25, 0.3) is 0 Å². The Bertz CT molecular complexity index is 836. The van der Waals surface area contributed by atoms with Crippen LogP contribution in [0, 0.1) is 17.6 Å². The number of ether oxygens (including phenoxy) is 1. The third-order valence-corrected chi connectivity index (χ3v) is 5.28. The minimum atomic E-state index is -0.560. The lowest BCUT2D eigenvalue weighted by Gasteiger charge is -2.33. The van der Waals surface area contributed by atoms with Gasteiger partial charge in [-0.3, -0.25) is 4.79 Å². The molecular weight excluding hydrogens is 340 g/mol. The zero-order valence-corrected chi connectivity index (χ0v) is 14.6. The number of hydrogen-bond donors (Lipinski definition) is 0. The van der Waals surface area contributed by atoms with Gasteiger partial charge in [0.15, 0.2) is 0 Å². The van der Waals surface area contributed by atoms with Crippen molar-refractivity contribution in [1.29, 1.82) is 0 Å². The summed E-state index contributed by atoms with van der Waals surface area (Å²) in [6, 6.07) is 2.20. The van der Waals surface area contributed by atoms with Crippen molar-refractivity contribution in [2.24, 2.45) is 5.92 Å². The molecule has 26 heavy (non-hydrogen) atoms. The van der Waals surface area contributed by atoms with Crippen LogP contribution in [0.5, 0.6) is 0 Å². The lowest BCUT2D eigenvalue weighted by Crippen LogP contribution is -2.41. The summed E-state index contributed by atoms with van der Waals surface area (Å²) in [5, 5.41) is 0. The monoisotopic (exact) mass is 361 g/mol. The summed E-state index contributed by atoms with van der Waals surface area (Å²) in [7, 11) is 0. The van der Waals surface area contributed by atoms with Crippen LogP contribution in [-0.4, -0.2) is 28.6 Å². The molecule has 0 N–H and O–H groups in total. The SMILES string of the molecule is CCn1ccnc1[C@H]1OCCC[C@@H]1C(=O)N1CCc2c(F)ccc(F)c21.